The maximum atomic E-state index is 12.2. The Morgan fingerprint density at radius 3 is 2.40 bits per heavy atom. The molecule has 1 atom stereocenters. The highest BCUT2D eigenvalue weighted by Crippen LogP contribution is 2.33. The van der Waals surface area contributed by atoms with Gasteiger partial charge in [-0.15, -0.1) is 0 Å². The minimum atomic E-state index is -0.714. The highest BCUT2D eigenvalue weighted by atomic mass is 16.8. The Kier molecular flexibility index (Phi) is 7.34. The molecule has 1 aliphatic heterocycles. The summed E-state index contributed by atoms with van der Waals surface area (Å²) in [7, 11) is 0. The second-order valence-corrected chi connectivity index (χ2v) is 9.21. The maximum absolute atomic E-state index is 12.2. The second-order valence-electron chi connectivity index (χ2n) is 9.21. The van der Waals surface area contributed by atoms with Crippen molar-refractivity contribution in [1.82, 2.24) is 4.98 Å². The number of carbonyl (C=O) groups is 1. The number of nitrogens with zero attached hydrogens (tertiary/aromatic N) is 3. The van der Waals surface area contributed by atoms with Gasteiger partial charge in [0.2, 0.25) is 0 Å². The number of rotatable bonds is 7. The van der Waals surface area contributed by atoms with Gasteiger partial charge in [-0.1, -0.05) is 36.4 Å². The van der Waals surface area contributed by atoms with E-state index >= 15 is 0 Å². The van der Waals surface area contributed by atoms with Crippen molar-refractivity contribution in [1.29, 1.82) is 0 Å². The van der Waals surface area contributed by atoms with Gasteiger partial charge in [0.25, 0.3) is 5.71 Å². The molecule has 1 fully saturated rings. The van der Waals surface area contributed by atoms with E-state index < -0.39 is 5.97 Å². The average Bonchev–Trinajstić information content (AvgIpc) is 2.85. The first kappa shape index (κ1) is 24.3. The zero-order chi connectivity index (χ0) is 24.9. The van der Waals surface area contributed by atoms with Gasteiger partial charge in [0.1, 0.15) is 0 Å². The standard InChI is InChI=1S/C28H31N3O4/c1-19-5-3-4-6-25(19)26(18-27(31(34)35)23-11-14-29-20(2)17-23)21-7-9-24(10-8-21)30-15-12-22(13-16-30)28(32)33/h3-11,14,17,22,26H,12-13,15-16,18H2,1-2H3,(H,32,33)(H,34,35)/t26-/m1/s1. The van der Waals surface area contributed by atoms with E-state index in [1.165, 1.54) is 0 Å². The number of aromatic nitrogens is 1. The van der Waals surface area contributed by atoms with E-state index in [0.29, 0.717) is 37.9 Å². The van der Waals surface area contributed by atoms with Crippen LogP contribution in [0.2, 0.25) is 0 Å². The fourth-order valence-corrected chi connectivity index (χ4v) is 4.91. The van der Waals surface area contributed by atoms with Gasteiger partial charge in [-0.2, -0.15) is 0 Å². The van der Waals surface area contributed by atoms with E-state index in [2.05, 4.69) is 40.2 Å². The number of carboxylic acid groups (broad SMARTS) is 1. The summed E-state index contributed by atoms with van der Waals surface area (Å²) in [6, 6.07) is 19.9. The van der Waals surface area contributed by atoms with Crippen molar-refractivity contribution < 1.29 is 20.0 Å². The number of piperidine rings is 1. The number of aryl methyl sites for hydroxylation is 2. The summed E-state index contributed by atoms with van der Waals surface area (Å²) in [5, 5.41) is 31.5. The smallest absolute Gasteiger partial charge is 0.306 e. The van der Waals surface area contributed by atoms with Crippen LogP contribution in [0, 0.1) is 25.0 Å². The number of pyridine rings is 1. The molecule has 35 heavy (non-hydrogen) atoms. The minimum absolute atomic E-state index is 0.0268. The van der Waals surface area contributed by atoms with Crippen LogP contribution in [0.15, 0.2) is 66.9 Å². The third-order valence-electron chi connectivity index (χ3n) is 6.93. The van der Waals surface area contributed by atoms with E-state index in [1.807, 2.05) is 32.0 Å². The number of carboxylic acids is 1. The van der Waals surface area contributed by atoms with Crippen molar-refractivity contribution in [2.45, 2.75) is 39.0 Å². The highest BCUT2D eigenvalue weighted by molar-refractivity contribution is 5.97. The number of hydrogen-bond donors (Lipinski definition) is 2. The Balaban J connectivity index is 1.64. The summed E-state index contributed by atoms with van der Waals surface area (Å²) >= 11 is 0. The molecule has 2 heterocycles. The topological polar surface area (TPSA) is 99.7 Å². The molecule has 0 amide bonds. The molecular formula is C28H31N3O4. The molecule has 4 rings (SSSR count). The number of anilines is 1. The quantitative estimate of drug-likeness (QED) is 0.219. The number of aliphatic carboxylic acids is 1. The zero-order valence-corrected chi connectivity index (χ0v) is 20.1. The normalized spacial score (nSPS) is 16.0. The van der Waals surface area contributed by atoms with Crippen molar-refractivity contribution in [3.05, 3.63) is 100 Å². The monoisotopic (exact) mass is 473 g/mol. The lowest BCUT2D eigenvalue weighted by molar-refractivity contribution is -0.726. The molecule has 3 aromatic rings. The van der Waals surface area contributed by atoms with Gasteiger partial charge < -0.3 is 15.2 Å². The van der Waals surface area contributed by atoms with E-state index in [-0.39, 0.29) is 22.4 Å². The van der Waals surface area contributed by atoms with Crippen molar-refractivity contribution in [3.63, 3.8) is 0 Å². The summed E-state index contributed by atoms with van der Waals surface area (Å²) in [4.78, 5) is 17.7. The fourth-order valence-electron chi connectivity index (χ4n) is 4.91. The van der Waals surface area contributed by atoms with Gasteiger partial charge in [-0.05, 0) is 67.6 Å². The van der Waals surface area contributed by atoms with Crippen LogP contribution >= 0.6 is 0 Å². The first-order valence-electron chi connectivity index (χ1n) is 11.9. The van der Waals surface area contributed by atoms with Crippen LogP contribution in [0.5, 0.6) is 0 Å². The Morgan fingerprint density at radius 2 is 1.80 bits per heavy atom. The van der Waals surface area contributed by atoms with Crippen LogP contribution in [-0.2, 0) is 4.79 Å². The van der Waals surface area contributed by atoms with Crippen LogP contribution in [0.3, 0.4) is 0 Å². The summed E-state index contributed by atoms with van der Waals surface area (Å²) in [5.74, 6) is -1.13. The summed E-state index contributed by atoms with van der Waals surface area (Å²) < 4.78 is 0. The van der Waals surface area contributed by atoms with Crippen molar-refractivity contribution in [2.75, 3.05) is 18.0 Å². The largest absolute Gasteiger partial charge is 0.481 e. The van der Waals surface area contributed by atoms with E-state index in [0.717, 1.165) is 28.1 Å². The molecule has 0 bridgehead atoms. The van der Waals surface area contributed by atoms with Crippen LogP contribution in [0.1, 0.15) is 53.1 Å². The predicted molar refractivity (Wildman–Crippen MR) is 135 cm³/mol. The van der Waals surface area contributed by atoms with Gasteiger partial charge >= 0.3 is 5.97 Å². The second kappa shape index (κ2) is 10.6. The first-order valence-corrected chi connectivity index (χ1v) is 11.9. The third kappa shape index (κ3) is 5.62. The lowest BCUT2D eigenvalue weighted by Gasteiger charge is -2.32. The molecule has 0 spiro atoms. The average molecular weight is 474 g/mol. The molecule has 182 valence electrons. The molecule has 0 saturated carbocycles. The summed E-state index contributed by atoms with van der Waals surface area (Å²) in [6.07, 6.45) is 3.24. The van der Waals surface area contributed by atoms with Crippen LogP contribution in [0.25, 0.3) is 0 Å². The molecule has 0 aliphatic carbocycles. The number of hydrogen-bond acceptors (Lipinski definition) is 5. The maximum Gasteiger partial charge on any atom is 0.306 e. The van der Waals surface area contributed by atoms with Crippen LogP contribution < -0.4 is 4.90 Å². The van der Waals surface area contributed by atoms with E-state index in [1.54, 1.807) is 18.3 Å². The molecule has 1 saturated heterocycles. The van der Waals surface area contributed by atoms with Crippen molar-refractivity contribution in [3.8, 4) is 0 Å². The lowest BCUT2D eigenvalue weighted by Crippen LogP contribution is -2.36. The van der Waals surface area contributed by atoms with Gasteiger partial charge in [-0.3, -0.25) is 15.0 Å². The molecule has 2 aromatic carbocycles. The molecule has 0 unspecified atom stereocenters. The van der Waals surface area contributed by atoms with Gasteiger partial charge in [0.15, 0.2) is 0 Å². The summed E-state index contributed by atoms with van der Waals surface area (Å²) in [5.41, 5.74) is 5.99. The predicted octanol–water partition coefficient (Wildman–Crippen LogP) is 4.91. The van der Waals surface area contributed by atoms with Gasteiger partial charge in [0.05, 0.1) is 17.9 Å². The molecule has 0 radical (unpaired) electrons. The Hall–Kier alpha value is -3.87. The SMILES string of the molecule is Cc1cc(/C(C[C@H](c2ccc(N3CCC(C(=O)O)CC3)cc2)c2ccccc2C)=[N+](\[O-])O)ccn1. The Bertz CT molecular complexity index is 1210. The highest BCUT2D eigenvalue weighted by Gasteiger charge is 2.27. The molecule has 2 N–H and O–H groups in total. The molecular weight excluding hydrogens is 442 g/mol. The van der Waals surface area contributed by atoms with Gasteiger partial charge in [0, 0.05) is 41.5 Å². The van der Waals surface area contributed by atoms with E-state index in [4.69, 9.17) is 0 Å². The lowest BCUT2D eigenvalue weighted by atomic mass is 9.83. The summed E-state index contributed by atoms with van der Waals surface area (Å²) in [6.45, 7) is 5.33. The number of benzene rings is 2. The molecule has 7 nitrogen and oxygen atoms in total. The van der Waals surface area contributed by atoms with Crippen LogP contribution in [0.4, 0.5) is 5.69 Å². The zero-order valence-electron chi connectivity index (χ0n) is 20.1. The Morgan fingerprint density at radius 1 is 1.11 bits per heavy atom. The molecule has 1 aromatic heterocycles. The van der Waals surface area contributed by atoms with Crippen molar-refractivity contribution >= 4 is 17.4 Å². The molecule has 1 aliphatic rings. The third-order valence-corrected chi connectivity index (χ3v) is 6.93. The van der Waals surface area contributed by atoms with Crippen molar-refractivity contribution in [2.24, 2.45) is 5.92 Å². The van der Waals surface area contributed by atoms with Gasteiger partial charge in [-0.25, -0.2) is 0 Å². The Labute approximate surface area is 205 Å². The van der Waals surface area contributed by atoms with Crippen LogP contribution in [-0.4, -0.2) is 45.0 Å². The minimum Gasteiger partial charge on any atom is -0.481 e. The molecule has 7 heteroatoms. The van der Waals surface area contributed by atoms with E-state index in [9.17, 15) is 20.3 Å². The fraction of sp³-hybridized carbons (Fsp3) is 0.321. The first-order chi connectivity index (χ1) is 16.8.